The Kier molecular flexibility index (Phi) is 11.4. The van der Waals surface area contributed by atoms with Crippen LogP contribution in [0.15, 0.2) is 48.5 Å². The van der Waals surface area contributed by atoms with Crippen molar-refractivity contribution in [1.29, 1.82) is 0 Å². The molecule has 2 aliphatic rings. The van der Waals surface area contributed by atoms with Crippen LogP contribution >= 0.6 is 0 Å². The fourth-order valence-corrected chi connectivity index (χ4v) is 6.77. The molecule has 350 valence electrons. The van der Waals surface area contributed by atoms with Gasteiger partial charge in [-0.1, -0.05) is 0 Å². The fraction of sp³-hybridized carbons (Fsp3) is 0.146. The van der Waals surface area contributed by atoms with Crippen molar-refractivity contribution < 1.29 is 129 Å². The quantitative estimate of drug-likeness (QED) is 0.0627. The number of fused-ring (bicyclic) bond motifs is 4. The summed E-state index contributed by atoms with van der Waals surface area (Å²) in [5.41, 5.74) is -6.56. The van der Waals surface area contributed by atoms with Gasteiger partial charge in [0.1, 0.15) is 12.7 Å². The summed E-state index contributed by atoms with van der Waals surface area (Å²) >= 11 is 0. The number of benzene rings is 5. The number of carbonyl (C=O) groups excluding carboxylic acids is 5. The molecule has 26 nitrogen and oxygen atoms in total. The Morgan fingerprint density at radius 1 is 0.433 bits per heavy atom. The Balaban J connectivity index is 1.42. The normalized spacial score (nSPS) is 18.8. The Bertz CT molecular complexity index is 2870. The highest BCUT2D eigenvalue weighted by atomic mass is 16.7. The Morgan fingerprint density at radius 3 is 1.18 bits per heavy atom. The van der Waals surface area contributed by atoms with E-state index in [1.807, 2.05) is 0 Å². The molecule has 0 aromatic heterocycles. The van der Waals surface area contributed by atoms with Crippen LogP contribution in [0.2, 0.25) is 0 Å². The van der Waals surface area contributed by atoms with Crippen LogP contribution in [0.3, 0.4) is 0 Å². The fourth-order valence-electron chi connectivity index (χ4n) is 6.77. The first-order valence-corrected chi connectivity index (χ1v) is 18.5. The zero-order valence-electron chi connectivity index (χ0n) is 32.9. The summed E-state index contributed by atoms with van der Waals surface area (Å²) < 4.78 is 33.4. The van der Waals surface area contributed by atoms with Crippen LogP contribution in [0.25, 0.3) is 11.1 Å². The number of hydrogen-bond donors (Lipinski definition) is 15. The zero-order valence-corrected chi connectivity index (χ0v) is 32.9. The minimum absolute atomic E-state index is 0.410. The van der Waals surface area contributed by atoms with Crippen LogP contribution in [0.5, 0.6) is 86.2 Å². The average Bonchev–Trinajstić information content (AvgIpc) is 3.27. The highest BCUT2D eigenvalue weighted by molar-refractivity contribution is 6.08. The monoisotopic (exact) mass is 938 g/mol. The van der Waals surface area contributed by atoms with E-state index in [9.17, 15) is 101 Å². The van der Waals surface area contributed by atoms with Gasteiger partial charge in [0, 0.05) is 11.1 Å². The molecule has 1 fully saturated rings. The lowest BCUT2D eigenvalue weighted by Crippen LogP contribution is -2.63. The van der Waals surface area contributed by atoms with E-state index < -0.39 is 192 Å². The molecule has 67 heavy (non-hydrogen) atoms. The van der Waals surface area contributed by atoms with Crippen LogP contribution in [0.4, 0.5) is 0 Å². The summed E-state index contributed by atoms with van der Waals surface area (Å²) in [7, 11) is 0. The Labute approximate surface area is 369 Å². The van der Waals surface area contributed by atoms with Gasteiger partial charge in [-0.2, -0.15) is 0 Å². The second-order valence-electron chi connectivity index (χ2n) is 14.3. The number of phenolic OH excluding ortho intramolecular Hbond substituents is 15. The zero-order chi connectivity index (χ0) is 49.1. The summed E-state index contributed by atoms with van der Waals surface area (Å²) in [6.07, 6.45) is -12.1. The van der Waals surface area contributed by atoms with Gasteiger partial charge in [0.2, 0.25) is 23.9 Å². The molecule has 7 rings (SSSR count). The maximum Gasteiger partial charge on any atom is 0.340 e. The SMILES string of the molecule is O=C(OCC1OC(OC(=O)c2cc(O)c(O)c(O)c2)C2OC(=O)c3cc(O)c(O)c(O)c3-c3c(cc(O)c(O)c3O)C(=O)OC2C1OC(=O)c1cc(O)c(O)c(O)c1)c1cc(O)c(O)c(O)c1. The Morgan fingerprint density at radius 2 is 0.776 bits per heavy atom. The lowest BCUT2D eigenvalue weighted by molar-refractivity contribution is -0.282. The number of ether oxygens (including phenoxy) is 6. The molecule has 0 bridgehead atoms. The van der Waals surface area contributed by atoms with Crippen LogP contribution in [0.1, 0.15) is 51.8 Å². The van der Waals surface area contributed by atoms with Crippen molar-refractivity contribution in [2.24, 2.45) is 0 Å². The standard InChI is InChI=1S/C41H30O26/c42-15-1-10(2-16(43)26(15)50)36(57)62-9-23-33(64-37(58)11-3-17(44)27(51)18(45)4-11)34-35(41(63-23)67-38(59)12-5-19(46)28(52)20(47)6-12)66-40(61)14-8-22(49)30(54)32(56)25(14)24-13(39(60)65-34)7-21(48)29(53)31(24)55/h1-8,23,33-35,41-56H,9H2. The predicted octanol–water partition coefficient (Wildman–Crippen LogP) is 1.67. The number of esters is 5. The highest BCUT2D eigenvalue weighted by Crippen LogP contribution is 2.53. The van der Waals surface area contributed by atoms with Crippen molar-refractivity contribution in [2.45, 2.75) is 30.7 Å². The van der Waals surface area contributed by atoms with E-state index in [0.717, 1.165) is 0 Å². The largest absolute Gasteiger partial charge is 0.504 e. The van der Waals surface area contributed by atoms with Gasteiger partial charge in [0.05, 0.1) is 27.8 Å². The van der Waals surface area contributed by atoms with Gasteiger partial charge in [-0.05, 0) is 48.5 Å². The van der Waals surface area contributed by atoms with Gasteiger partial charge >= 0.3 is 29.8 Å². The second kappa shape index (κ2) is 16.8. The molecular formula is C41H30O26. The van der Waals surface area contributed by atoms with E-state index in [-0.39, 0.29) is 0 Å². The molecule has 2 heterocycles. The van der Waals surface area contributed by atoms with E-state index in [2.05, 4.69) is 0 Å². The highest BCUT2D eigenvalue weighted by Gasteiger charge is 2.55. The van der Waals surface area contributed by atoms with Gasteiger partial charge < -0.3 is 105 Å². The van der Waals surface area contributed by atoms with Crippen molar-refractivity contribution in [2.75, 3.05) is 6.61 Å². The molecular weight excluding hydrogens is 908 g/mol. The minimum Gasteiger partial charge on any atom is -0.504 e. The molecule has 15 N–H and O–H groups in total. The van der Waals surface area contributed by atoms with Crippen LogP contribution in [0, 0.1) is 0 Å². The van der Waals surface area contributed by atoms with E-state index >= 15 is 0 Å². The first-order chi connectivity index (χ1) is 31.5. The first-order valence-electron chi connectivity index (χ1n) is 18.5. The van der Waals surface area contributed by atoms with Crippen molar-refractivity contribution in [3.63, 3.8) is 0 Å². The Hall–Kier alpha value is -9.59. The van der Waals surface area contributed by atoms with Crippen LogP contribution in [-0.2, 0) is 28.4 Å². The maximum atomic E-state index is 14.4. The van der Waals surface area contributed by atoms with E-state index in [1.165, 1.54) is 0 Å². The minimum atomic E-state index is -2.54. The molecule has 0 aliphatic carbocycles. The molecule has 26 heteroatoms. The third-order valence-corrected chi connectivity index (χ3v) is 10.0. The molecule has 0 saturated carbocycles. The molecule has 5 aromatic rings. The van der Waals surface area contributed by atoms with Crippen molar-refractivity contribution >= 4 is 29.8 Å². The topological polar surface area (TPSA) is 444 Å². The van der Waals surface area contributed by atoms with Crippen molar-refractivity contribution in [3.05, 3.63) is 76.3 Å². The van der Waals surface area contributed by atoms with Crippen LogP contribution in [-0.4, -0.2) is 144 Å². The van der Waals surface area contributed by atoms with Crippen molar-refractivity contribution in [3.8, 4) is 97.4 Å². The summed E-state index contributed by atoms with van der Waals surface area (Å²) in [6, 6.07) is 4.31. The third-order valence-electron chi connectivity index (χ3n) is 10.0. The summed E-state index contributed by atoms with van der Waals surface area (Å²) in [4.78, 5) is 69.5. The van der Waals surface area contributed by atoms with Gasteiger partial charge in [0.15, 0.2) is 87.0 Å². The maximum absolute atomic E-state index is 14.4. The molecule has 5 unspecified atom stereocenters. The smallest absolute Gasteiger partial charge is 0.340 e. The summed E-state index contributed by atoms with van der Waals surface area (Å²) in [5, 5.41) is 154. The van der Waals surface area contributed by atoms with E-state index in [4.69, 9.17) is 28.4 Å². The molecule has 0 spiro atoms. The number of rotatable bonds is 7. The van der Waals surface area contributed by atoms with E-state index in [0.29, 0.717) is 48.5 Å². The van der Waals surface area contributed by atoms with Gasteiger partial charge in [0.25, 0.3) is 0 Å². The summed E-state index contributed by atoms with van der Waals surface area (Å²) in [5.74, 6) is -26.1. The average molecular weight is 939 g/mol. The lowest BCUT2D eigenvalue weighted by atomic mass is 9.91. The second-order valence-corrected chi connectivity index (χ2v) is 14.3. The van der Waals surface area contributed by atoms with Crippen LogP contribution < -0.4 is 0 Å². The molecule has 2 aliphatic heterocycles. The van der Waals surface area contributed by atoms with E-state index in [1.54, 1.807) is 0 Å². The molecule has 1 saturated heterocycles. The lowest BCUT2D eigenvalue weighted by Gasteiger charge is -2.44. The molecule has 5 atom stereocenters. The molecule has 0 amide bonds. The predicted molar refractivity (Wildman–Crippen MR) is 208 cm³/mol. The van der Waals surface area contributed by atoms with Gasteiger partial charge in [-0.3, -0.25) is 0 Å². The summed E-state index contributed by atoms with van der Waals surface area (Å²) in [6.45, 7) is -1.25. The van der Waals surface area contributed by atoms with Gasteiger partial charge in [-0.15, -0.1) is 0 Å². The number of aromatic hydroxyl groups is 15. The number of phenols is 15. The van der Waals surface area contributed by atoms with Crippen molar-refractivity contribution in [1.82, 2.24) is 0 Å². The third kappa shape index (κ3) is 8.12. The number of hydrogen-bond acceptors (Lipinski definition) is 26. The number of carbonyl (C=O) groups is 5. The van der Waals surface area contributed by atoms with Gasteiger partial charge in [-0.25, -0.2) is 24.0 Å². The molecule has 5 aromatic carbocycles. The first kappa shape index (κ1) is 45.4. The molecule has 0 radical (unpaired) electrons.